The summed E-state index contributed by atoms with van der Waals surface area (Å²) in [5.74, 6) is 4.64. The van der Waals surface area contributed by atoms with Gasteiger partial charge in [-0.2, -0.15) is 0 Å². The molecule has 180 valence electrons. The quantitative estimate of drug-likeness (QED) is 0.236. The number of hydrogen-bond donors (Lipinski definition) is 0. The molecule has 0 spiro atoms. The lowest BCUT2D eigenvalue weighted by molar-refractivity contribution is -0.129. The second kappa shape index (κ2) is 11.7. The summed E-state index contributed by atoms with van der Waals surface area (Å²) in [6.07, 6.45) is 12.7. The molecule has 0 saturated heterocycles. The molecule has 0 amide bonds. The molecular weight excluding hydrogens is 475 g/mol. The molecule has 2 fully saturated rings. The van der Waals surface area contributed by atoms with Gasteiger partial charge in [-0.15, -0.1) is 0 Å². The van der Waals surface area contributed by atoms with Gasteiger partial charge < -0.3 is 0 Å². The minimum Gasteiger partial charge on any atom is -0.0820 e. The molecule has 30 heavy (non-hydrogen) atoms. The Morgan fingerprint density at radius 2 is 1.50 bits per heavy atom. The highest BCUT2D eigenvalue weighted by molar-refractivity contribution is 14.1. The van der Waals surface area contributed by atoms with Gasteiger partial charge in [-0.1, -0.05) is 118 Å². The molecule has 2 saturated carbocycles. The minimum absolute atomic E-state index is 0.431. The summed E-state index contributed by atoms with van der Waals surface area (Å²) in [5, 5.41) is 0. The van der Waals surface area contributed by atoms with Gasteiger partial charge in [0.15, 0.2) is 0 Å². The molecule has 2 aliphatic carbocycles. The molecule has 1 heteroatoms. The Labute approximate surface area is 205 Å². The summed E-state index contributed by atoms with van der Waals surface area (Å²) in [7, 11) is 0. The number of rotatable bonds is 6. The molecule has 0 heterocycles. The molecule has 0 aromatic carbocycles. The molecule has 8 atom stereocenters. The van der Waals surface area contributed by atoms with Crippen LogP contribution in [0, 0.1) is 45.8 Å². The van der Waals surface area contributed by atoms with Crippen LogP contribution in [0.3, 0.4) is 0 Å². The molecule has 0 N–H and O–H groups in total. The zero-order valence-electron chi connectivity index (χ0n) is 22.7. The van der Waals surface area contributed by atoms with Crippen molar-refractivity contribution in [1.82, 2.24) is 0 Å². The summed E-state index contributed by atoms with van der Waals surface area (Å²) >= 11 is 2.74. The van der Waals surface area contributed by atoms with Gasteiger partial charge in [-0.3, -0.25) is 0 Å². The fourth-order valence-electron chi connectivity index (χ4n) is 7.74. The second-order valence-electron chi connectivity index (χ2n) is 13.0. The molecule has 8 unspecified atom stereocenters. The van der Waals surface area contributed by atoms with Crippen LogP contribution in [0.25, 0.3) is 0 Å². The van der Waals surface area contributed by atoms with Crippen molar-refractivity contribution in [2.45, 2.75) is 138 Å². The predicted octanol–water partition coefficient (Wildman–Crippen LogP) is 10.6. The van der Waals surface area contributed by atoms with Gasteiger partial charge in [-0.05, 0) is 84.4 Å². The van der Waals surface area contributed by atoms with Gasteiger partial charge >= 0.3 is 0 Å². The highest BCUT2D eigenvalue weighted by atomic mass is 127. The number of halogens is 1. The SMILES string of the molecule is CCC.CCCC1(C)C(CC)C(C)CC2C1CC(C)CC2(C)CCC(I)C(C)(C)C. The van der Waals surface area contributed by atoms with E-state index in [4.69, 9.17) is 0 Å². The highest BCUT2D eigenvalue weighted by Gasteiger charge is 2.56. The lowest BCUT2D eigenvalue weighted by atomic mass is 9.43. The summed E-state index contributed by atoms with van der Waals surface area (Å²) in [5.41, 5.74) is 1.55. The Hall–Kier alpha value is 0.730. The maximum absolute atomic E-state index is 2.74. The third-order valence-electron chi connectivity index (χ3n) is 9.00. The first-order valence-electron chi connectivity index (χ1n) is 13.4. The van der Waals surface area contributed by atoms with Gasteiger partial charge in [-0.25, -0.2) is 0 Å². The molecule has 0 aliphatic heterocycles. The van der Waals surface area contributed by atoms with Crippen molar-refractivity contribution in [1.29, 1.82) is 0 Å². The molecule has 2 aliphatic rings. The van der Waals surface area contributed by atoms with Gasteiger partial charge in [0.1, 0.15) is 0 Å². The number of hydrogen-bond acceptors (Lipinski definition) is 0. The van der Waals surface area contributed by atoms with Crippen molar-refractivity contribution in [2.75, 3.05) is 0 Å². The fourth-order valence-corrected chi connectivity index (χ4v) is 8.05. The maximum atomic E-state index is 2.74. The van der Waals surface area contributed by atoms with Crippen molar-refractivity contribution < 1.29 is 0 Å². The van der Waals surface area contributed by atoms with Crippen LogP contribution in [0.5, 0.6) is 0 Å². The first-order valence-corrected chi connectivity index (χ1v) is 14.7. The van der Waals surface area contributed by atoms with Crippen LogP contribution in [-0.4, -0.2) is 3.92 Å². The topological polar surface area (TPSA) is 0 Å². The first-order chi connectivity index (χ1) is 13.8. The highest BCUT2D eigenvalue weighted by Crippen LogP contribution is 2.64. The average molecular weight is 533 g/mol. The third kappa shape index (κ3) is 6.63. The monoisotopic (exact) mass is 532 g/mol. The molecule has 0 radical (unpaired) electrons. The van der Waals surface area contributed by atoms with Crippen LogP contribution in [0.15, 0.2) is 0 Å². The average Bonchev–Trinajstić information content (AvgIpc) is 2.61. The standard InChI is InChI=1S/C26H49I.C3H8/c1-10-13-26(9)20(11-2)19(4)16-21-22(26)15-18(3)17-25(21,8)14-12-23(27)24(5,6)7;1-3-2/h18-23H,10-17H2,1-9H3;3H2,1-2H3. The van der Waals surface area contributed by atoms with Crippen LogP contribution < -0.4 is 0 Å². The molecule has 0 nitrogen and oxygen atoms in total. The van der Waals surface area contributed by atoms with E-state index in [1.165, 1.54) is 57.8 Å². The van der Waals surface area contributed by atoms with E-state index in [2.05, 4.69) is 98.8 Å². The van der Waals surface area contributed by atoms with Crippen molar-refractivity contribution in [2.24, 2.45) is 45.8 Å². The molecule has 0 bridgehead atoms. The molecular formula is C29H57I. The Bertz CT molecular complexity index is 491. The lowest BCUT2D eigenvalue weighted by Crippen LogP contribution is -2.54. The fraction of sp³-hybridized carbons (Fsp3) is 1.00. The minimum atomic E-state index is 0.431. The molecule has 2 rings (SSSR count). The normalized spacial score (nSPS) is 40.2. The van der Waals surface area contributed by atoms with E-state index in [-0.39, 0.29) is 0 Å². The van der Waals surface area contributed by atoms with Crippen LogP contribution >= 0.6 is 22.6 Å². The van der Waals surface area contributed by atoms with Crippen molar-refractivity contribution in [3.8, 4) is 0 Å². The zero-order valence-corrected chi connectivity index (χ0v) is 24.9. The molecule has 0 aromatic heterocycles. The number of alkyl halides is 1. The van der Waals surface area contributed by atoms with Gasteiger partial charge in [0.25, 0.3) is 0 Å². The Morgan fingerprint density at radius 3 is 1.97 bits per heavy atom. The lowest BCUT2D eigenvalue weighted by Gasteiger charge is -2.62. The van der Waals surface area contributed by atoms with E-state index in [1.54, 1.807) is 0 Å². The summed E-state index contributed by atoms with van der Waals surface area (Å²) < 4.78 is 0.786. The van der Waals surface area contributed by atoms with Gasteiger partial charge in [0, 0.05) is 3.92 Å². The van der Waals surface area contributed by atoms with E-state index in [1.807, 2.05) is 0 Å². The van der Waals surface area contributed by atoms with Crippen LogP contribution in [0.2, 0.25) is 0 Å². The largest absolute Gasteiger partial charge is 0.0820 e. The number of fused-ring (bicyclic) bond motifs is 1. The Balaban J connectivity index is 0.00000141. The van der Waals surface area contributed by atoms with Gasteiger partial charge in [0.05, 0.1) is 0 Å². The first kappa shape index (κ1) is 28.8. The smallest absolute Gasteiger partial charge is 0.0158 e. The van der Waals surface area contributed by atoms with E-state index in [0.717, 1.165) is 33.5 Å². The van der Waals surface area contributed by atoms with E-state index < -0.39 is 0 Å². The summed E-state index contributed by atoms with van der Waals surface area (Å²) in [4.78, 5) is 0. The van der Waals surface area contributed by atoms with Gasteiger partial charge in [0.2, 0.25) is 0 Å². The van der Waals surface area contributed by atoms with E-state index in [0.29, 0.717) is 16.2 Å². The van der Waals surface area contributed by atoms with Crippen molar-refractivity contribution in [3.05, 3.63) is 0 Å². The van der Waals surface area contributed by atoms with Crippen LogP contribution in [0.1, 0.15) is 134 Å². The van der Waals surface area contributed by atoms with E-state index in [9.17, 15) is 0 Å². The summed E-state index contributed by atoms with van der Waals surface area (Å²) in [6, 6.07) is 0. The predicted molar refractivity (Wildman–Crippen MR) is 147 cm³/mol. The molecule has 0 aromatic rings. The van der Waals surface area contributed by atoms with Crippen molar-refractivity contribution >= 4 is 22.6 Å². The van der Waals surface area contributed by atoms with E-state index >= 15 is 0 Å². The van der Waals surface area contributed by atoms with Crippen LogP contribution in [0.4, 0.5) is 0 Å². The van der Waals surface area contributed by atoms with Crippen LogP contribution in [-0.2, 0) is 0 Å². The third-order valence-corrected chi connectivity index (χ3v) is 11.5. The second-order valence-corrected chi connectivity index (χ2v) is 14.5. The Morgan fingerprint density at radius 1 is 0.933 bits per heavy atom. The summed E-state index contributed by atoms with van der Waals surface area (Å²) in [6.45, 7) is 26.9. The zero-order chi connectivity index (χ0) is 23.3. The Kier molecular flexibility index (Phi) is 11.3. The maximum Gasteiger partial charge on any atom is 0.0158 e. The van der Waals surface area contributed by atoms with Crippen molar-refractivity contribution in [3.63, 3.8) is 0 Å².